The van der Waals surface area contributed by atoms with Gasteiger partial charge in [-0.15, -0.1) is 0 Å². The molecule has 0 radical (unpaired) electrons. The summed E-state index contributed by atoms with van der Waals surface area (Å²) in [6.45, 7) is 5.85. The van der Waals surface area contributed by atoms with Crippen LogP contribution in [-0.4, -0.2) is 22.8 Å². The highest BCUT2D eigenvalue weighted by atomic mass is 35.5. The van der Waals surface area contributed by atoms with E-state index in [0.717, 1.165) is 0 Å². The highest BCUT2D eigenvalue weighted by Gasteiger charge is 2.50. The third-order valence-corrected chi connectivity index (χ3v) is 4.58. The van der Waals surface area contributed by atoms with Crippen LogP contribution in [0.2, 0.25) is 5.15 Å². The molecule has 1 N–H and O–H groups in total. The predicted octanol–water partition coefficient (Wildman–Crippen LogP) is 1.74. The third-order valence-electron chi connectivity index (χ3n) is 4.25. The number of nitrogens with zero attached hydrogens (tertiary/aromatic N) is 1. The molecule has 0 aliphatic heterocycles. The van der Waals surface area contributed by atoms with Crippen molar-refractivity contribution in [3.63, 3.8) is 0 Å². The number of rotatable bonds is 3. The Balaban J connectivity index is 2.54. The number of methoxy groups -OCH3 is 1. The maximum atomic E-state index is 12.4. The van der Waals surface area contributed by atoms with Crippen LogP contribution in [0.1, 0.15) is 38.8 Å². The van der Waals surface area contributed by atoms with Crippen molar-refractivity contribution >= 4 is 11.6 Å². The van der Waals surface area contributed by atoms with Crippen LogP contribution in [0.4, 0.5) is 0 Å². The number of H-pyrrole nitrogens is 1. The van der Waals surface area contributed by atoms with Gasteiger partial charge in [-0.25, -0.2) is 4.79 Å². The molecule has 1 aromatic rings. The second kappa shape index (κ2) is 4.80. The molecule has 2 atom stereocenters. The summed E-state index contributed by atoms with van der Waals surface area (Å²) in [6.07, 6.45) is 1.22. The van der Waals surface area contributed by atoms with Gasteiger partial charge in [-0.1, -0.05) is 32.4 Å². The fourth-order valence-electron chi connectivity index (χ4n) is 2.85. The van der Waals surface area contributed by atoms with E-state index in [1.165, 1.54) is 4.57 Å². The molecule has 5 nitrogen and oxygen atoms in total. The van der Waals surface area contributed by atoms with Gasteiger partial charge in [0, 0.05) is 12.5 Å². The molecule has 0 saturated heterocycles. The lowest BCUT2D eigenvalue weighted by atomic mass is 9.64. The van der Waals surface area contributed by atoms with Crippen LogP contribution in [0.15, 0.2) is 9.59 Å². The molecule has 2 unspecified atom stereocenters. The van der Waals surface area contributed by atoms with Crippen LogP contribution in [-0.2, 0) is 11.2 Å². The Morgan fingerprint density at radius 2 is 2.11 bits per heavy atom. The van der Waals surface area contributed by atoms with Crippen molar-refractivity contribution in [3.05, 3.63) is 31.6 Å². The van der Waals surface area contributed by atoms with Crippen LogP contribution in [0, 0.1) is 5.41 Å². The molecule has 1 heterocycles. The van der Waals surface area contributed by atoms with Gasteiger partial charge in [0.1, 0.15) is 5.15 Å². The molecular weight excluding hydrogens is 268 g/mol. The van der Waals surface area contributed by atoms with E-state index in [1.54, 1.807) is 7.11 Å². The smallest absolute Gasteiger partial charge is 0.329 e. The monoisotopic (exact) mass is 286 g/mol. The Bertz CT molecular complexity index is 603. The fourth-order valence-corrected chi connectivity index (χ4v) is 3.15. The van der Waals surface area contributed by atoms with Crippen LogP contribution in [0.25, 0.3) is 0 Å². The van der Waals surface area contributed by atoms with Gasteiger partial charge in [-0.2, -0.15) is 0 Å². The molecule has 1 saturated carbocycles. The summed E-state index contributed by atoms with van der Waals surface area (Å²) in [5.41, 5.74) is -0.522. The van der Waals surface area contributed by atoms with Gasteiger partial charge in [0.2, 0.25) is 0 Å². The number of nitrogens with one attached hydrogen (secondary N) is 1. The van der Waals surface area contributed by atoms with Crippen molar-refractivity contribution in [1.29, 1.82) is 0 Å². The second-order valence-electron chi connectivity index (χ2n) is 5.55. The summed E-state index contributed by atoms with van der Waals surface area (Å²) in [7, 11) is 1.65. The highest BCUT2D eigenvalue weighted by Crippen LogP contribution is 2.49. The minimum Gasteiger partial charge on any atom is -0.381 e. The summed E-state index contributed by atoms with van der Waals surface area (Å²) < 4.78 is 6.65. The van der Waals surface area contributed by atoms with Crippen molar-refractivity contribution in [2.24, 2.45) is 5.41 Å². The fraction of sp³-hybridized carbons (Fsp3) is 0.692. The molecule has 0 spiro atoms. The van der Waals surface area contributed by atoms with Gasteiger partial charge in [0.05, 0.1) is 17.7 Å². The maximum absolute atomic E-state index is 12.4. The maximum Gasteiger partial charge on any atom is 0.329 e. The molecule has 1 aliphatic carbocycles. The average Bonchev–Trinajstić information content (AvgIpc) is 2.32. The zero-order valence-corrected chi connectivity index (χ0v) is 12.4. The number of aromatic amines is 1. The lowest BCUT2D eigenvalue weighted by Gasteiger charge is -2.51. The van der Waals surface area contributed by atoms with Crippen molar-refractivity contribution in [1.82, 2.24) is 9.55 Å². The second-order valence-corrected chi connectivity index (χ2v) is 5.93. The van der Waals surface area contributed by atoms with E-state index in [4.69, 9.17) is 16.3 Å². The summed E-state index contributed by atoms with van der Waals surface area (Å²) in [4.78, 5) is 27.0. The van der Waals surface area contributed by atoms with Crippen molar-refractivity contribution < 1.29 is 4.74 Å². The van der Waals surface area contributed by atoms with Gasteiger partial charge in [-0.3, -0.25) is 14.3 Å². The quantitative estimate of drug-likeness (QED) is 0.861. The topological polar surface area (TPSA) is 64.1 Å². The highest BCUT2D eigenvalue weighted by molar-refractivity contribution is 6.30. The van der Waals surface area contributed by atoms with Gasteiger partial charge in [-0.05, 0) is 12.8 Å². The SMILES string of the molecule is CCc1c(Cl)[nH]c(=O)n(C2CC(OC)C2(C)C)c1=O. The largest absolute Gasteiger partial charge is 0.381 e. The van der Waals surface area contributed by atoms with Crippen LogP contribution < -0.4 is 11.2 Å². The molecule has 0 bridgehead atoms. The van der Waals surface area contributed by atoms with E-state index < -0.39 is 5.69 Å². The van der Waals surface area contributed by atoms with E-state index in [0.29, 0.717) is 18.4 Å². The standard InChI is InChI=1S/C13H19ClN2O3/c1-5-7-10(14)15-12(18)16(11(7)17)8-6-9(19-4)13(8,2)3/h8-9H,5-6H2,1-4H3,(H,15,18). The first kappa shape index (κ1) is 14.3. The third kappa shape index (κ3) is 2.05. The molecule has 2 rings (SSSR count). The first-order valence-corrected chi connectivity index (χ1v) is 6.78. The summed E-state index contributed by atoms with van der Waals surface area (Å²) in [5.74, 6) is 0. The van der Waals surface area contributed by atoms with Gasteiger partial charge < -0.3 is 4.74 Å². The van der Waals surface area contributed by atoms with E-state index in [9.17, 15) is 9.59 Å². The Labute approximate surface area is 116 Å². The Hall–Kier alpha value is -1.07. The van der Waals surface area contributed by atoms with Gasteiger partial charge in [0.15, 0.2) is 0 Å². The van der Waals surface area contributed by atoms with Gasteiger partial charge >= 0.3 is 5.69 Å². The summed E-state index contributed by atoms with van der Waals surface area (Å²) in [6, 6.07) is -0.156. The van der Waals surface area contributed by atoms with E-state index >= 15 is 0 Å². The first-order chi connectivity index (χ1) is 8.84. The molecule has 106 valence electrons. The summed E-state index contributed by atoms with van der Waals surface area (Å²) >= 11 is 5.91. The molecule has 1 aliphatic rings. The molecular formula is C13H19ClN2O3. The van der Waals surface area contributed by atoms with Crippen LogP contribution in [0.5, 0.6) is 0 Å². The van der Waals surface area contributed by atoms with E-state index in [2.05, 4.69) is 4.98 Å². The molecule has 0 amide bonds. The number of halogens is 1. The molecule has 0 aromatic carbocycles. The molecule has 6 heteroatoms. The number of ether oxygens (including phenoxy) is 1. The van der Waals surface area contributed by atoms with E-state index in [1.807, 2.05) is 20.8 Å². The Morgan fingerprint density at radius 1 is 1.47 bits per heavy atom. The summed E-state index contributed by atoms with van der Waals surface area (Å²) in [5, 5.41) is 0.147. The molecule has 1 fully saturated rings. The lowest BCUT2D eigenvalue weighted by Crippen LogP contribution is -2.57. The van der Waals surface area contributed by atoms with Crippen molar-refractivity contribution in [3.8, 4) is 0 Å². The number of hydrogen-bond donors (Lipinski definition) is 1. The number of aromatic nitrogens is 2. The predicted molar refractivity (Wildman–Crippen MR) is 73.9 cm³/mol. The molecule has 19 heavy (non-hydrogen) atoms. The van der Waals surface area contributed by atoms with Crippen molar-refractivity contribution in [2.45, 2.75) is 45.8 Å². The normalized spacial score (nSPS) is 25.1. The first-order valence-electron chi connectivity index (χ1n) is 6.40. The van der Waals surface area contributed by atoms with E-state index in [-0.39, 0.29) is 28.3 Å². The van der Waals surface area contributed by atoms with Gasteiger partial charge in [0.25, 0.3) is 5.56 Å². The zero-order valence-electron chi connectivity index (χ0n) is 11.6. The minimum absolute atomic E-state index is 0.0598. The Kier molecular flexibility index (Phi) is 3.62. The van der Waals surface area contributed by atoms with Crippen molar-refractivity contribution in [2.75, 3.05) is 7.11 Å². The number of hydrogen-bond acceptors (Lipinski definition) is 3. The molecule has 1 aromatic heterocycles. The van der Waals surface area contributed by atoms with Crippen LogP contribution in [0.3, 0.4) is 0 Å². The Morgan fingerprint density at radius 3 is 2.58 bits per heavy atom. The average molecular weight is 287 g/mol. The minimum atomic E-state index is -0.445. The lowest BCUT2D eigenvalue weighted by molar-refractivity contribution is -0.115. The zero-order chi connectivity index (χ0) is 14.4. The van der Waals surface area contributed by atoms with Crippen LogP contribution >= 0.6 is 11.6 Å².